The third-order valence-corrected chi connectivity index (χ3v) is 4.12. The minimum atomic E-state index is 0.198. The van der Waals surface area contributed by atoms with E-state index in [1.165, 1.54) is 36.8 Å². The predicted octanol–water partition coefficient (Wildman–Crippen LogP) is 4.78. The van der Waals surface area contributed by atoms with Gasteiger partial charge in [-0.3, -0.25) is 0 Å². The van der Waals surface area contributed by atoms with Crippen LogP contribution in [-0.4, -0.2) is 0 Å². The van der Waals surface area contributed by atoms with E-state index in [2.05, 4.69) is 45.0 Å². The summed E-state index contributed by atoms with van der Waals surface area (Å²) in [4.78, 5) is 0. The molecule has 0 spiro atoms. The van der Waals surface area contributed by atoms with Gasteiger partial charge in [-0.05, 0) is 48.1 Å². The van der Waals surface area contributed by atoms with Crippen molar-refractivity contribution in [3.05, 3.63) is 35.4 Å². The molecule has 0 amide bonds. The van der Waals surface area contributed by atoms with Crippen molar-refractivity contribution < 1.29 is 0 Å². The molecule has 18 heavy (non-hydrogen) atoms. The fraction of sp³-hybridized carbons (Fsp3) is 0.647. The zero-order valence-corrected chi connectivity index (χ0v) is 12.1. The van der Waals surface area contributed by atoms with E-state index in [4.69, 9.17) is 5.73 Å². The molecule has 0 radical (unpaired) electrons. The predicted molar refractivity (Wildman–Crippen MR) is 78.7 cm³/mol. The average molecular weight is 245 g/mol. The SMILES string of the molecule is CC(C)(C)CCC(N)c1cccc(C2CCC2)c1. The Hall–Kier alpha value is -0.820. The van der Waals surface area contributed by atoms with Gasteiger partial charge in [-0.2, -0.15) is 0 Å². The topological polar surface area (TPSA) is 26.0 Å². The van der Waals surface area contributed by atoms with Crippen molar-refractivity contribution in [2.24, 2.45) is 11.1 Å². The molecule has 0 aromatic heterocycles. The van der Waals surface area contributed by atoms with Crippen molar-refractivity contribution in [1.82, 2.24) is 0 Å². The Morgan fingerprint density at radius 2 is 2.00 bits per heavy atom. The first-order valence-corrected chi connectivity index (χ1v) is 7.31. The first-order valence-electron chi connectivity index (χ1n) is 7.31. The van der Waals surface area contributed by atoms with Gasteiger partial charge in [0.25, 0.3) is 0 Å². The lowest BCUT2D eigenvalue weighted by atomic mass is 9.79. The van der Waals surface area contributed by atoms with Crippen molar-refractivity contribution in [2.45, 2.75) is 64.8 Å². The molecule has 1 fully saturated rings. The first-order chi connectivity index (χ1) is 8.46. The second-order valence-corrected chi connectivity index (χ2v) is 7.00. The second kappa shape index (κ2) is 5.44. The zero-order valence-electron chi connectivity index (χ0n) is 12.1. The van der Waals surface area contributed by atoms with E-state index in [0.717, 1.165) is 12.3 Å². The molecular weight excluding hydrogens is 218 g/mol. The van der Waals surface area contributed by atoms with Crippen LogP contribution >= 0.6 is 0 Å². The van der Waals surface area contributed by atoms with Gasteiger partial charge < -0.3 is 5.73 Å². The molecule has 1 aromatic carbocycles. The summed E-state index contributed by atoms with van der Waals surface area (Å²) < 4.78 is 0. The van der Waals surface area contributed by atoms with Crippen LogP contribution in [0, 0.1) is 5.41 Å². The molecular formula is C17H27N. The minimum absolute atomic E-state index is 0.198. The van der Waals surface area contributed by atoms with E-state index in [0.29, 0.717) is 5.41 Å². The van der Waals surface area contributed by atoms with Crippen LogP contribution < -0.4 is 5.73 Å². The number of hydrogen-bond donors (Lipinski definition) is 1. The molecule has 100 valence electrons. The van der Waals surface area contributed by atoms with E-state index >= 15 is 0 Å². The molecule has 1 atom stereocenters. The van der Waals surface area contributed by atoms with Crippen molar-refractivity contribution >= 4 is 0 Å². The van der Waals surface area contributed by atoms with Gasteiger partial charge in [-0.25, -0.2) is 0 Å². The summed E-state index contributed by atoms with van der Waals surface area (Å²) in [7, 11) is 0. The highest BCUT2D eigenvalue weighted by Crippen LogP contribution is 2.37. The summed E-state index contributed by atoms with van der Waals surface area (Å²) in [5.74, 6) is 0.805. The molecule has 0 heterocycles. The average Bonchev–Trinajstić information content (AvgIpc) is 2.23. The Kier molecular flexibility index (Phi) is 4.11. The Labute approximate surface area is 112 Å². The first kappa shape index (κ1) is 13.6. The third-order valence-electron chi connectivity index (χ3n) is 4.12. The lowest BCUT2D eigenvalue weighted by Gasteiger charge is -2.27. The Morgan fingerprint density at radius 3 is 2.56 bits per heavy atom. The van der Waals surface area contributed by atoms with Gasteiger partial charge in [0, 0.05) is 6.04 Å². The summed E-state index contributed by atoms with van der Waals surface area (Å²) in [6.45, 7) is 6.85. The highest BCUT2D eigenvalue weighted by molar-refractivity contribution is 5.29. The highest BCUT2D eigenvalue weighted by atomic mass is 14.6. The second-order valence-electron chi connectivity index (χ2n) is 7.00. The van der Waals surface area contributed by atoms with E-state index in [1.807, 2.05) is 0 Å². The largest absolute Gasteiger partial charge is 0.324 e. The van der Waals surface area contributed by atoms with Crippen LogP contribution in [-0.2, 0) is 0 Å². The Morgan fingerprint density at radius 1 is 1.28 bits per heavy atom. The van der Waals surface area contributed by atoms with Gasteiger partial charge in [0.2, 0.25) is 0 Å². The van der Waals surface area contributed by atoms with Crippen LogP contribution in [0.1, 0.15) is 76.0 Å². The monoisotopic (exact) mass is 245 g/mol. The molecule has 1 unspecified atom stereocenters. The summed E-state index contributed by atoms with van der Waals surface area (Å²) >= 11 is 0. The summed E-state index contributed by atoms with van der Waals surface area (Å²) in [6.07, 6.45) is 6.38. The minimum Gasteiger partial charge on any atom is -0.324 e. The lowest BCUT2D eigenvalue weighted by molar-refractivity contribution is 0.349. The van der Waals surface area contributed by atoms with Crippen molar-refractivity contribution in [2.75, 3.05) is 0 Å². The molecule has 1 aliphatic rings. The Bertz CT molecular complexity index is 385. The molecule has 1 aliphatic carbocycles. The van der Waals surface area contributed by atoms with Crippen molar-refractivity contribution in [3.8, 4) is 0 Å². The van der Waals surface area contributed by atoms with Gasteiger partial charge in [0.1, 0.15) is 0 Å². The van der Waals surface area contributed by atoms with Gasteiger partial charge in [-0.15, -0.1) is 0 Å². The van der Waals surface area contributed by atoms with Gasteiger partial charge in [-0.1, -0.05) is 51.5 Å². The normalized spacial score (nSPS) is 18.4. The molecule has 1 aromatic rings. The maximum atomic E-state index is 6.33. The van der Waals surface area contributed by atoms with Gasteiger partial charge in [0.05, 0.1) is 0 Å². The highest BCUT2D eigenvalue weighted by Gasteiger charge is 2.20. The lowest BCUT2D eigenvalue weighted by Crippen LogP contribution is -2.15. The summed E-state index contributed by atoms with van der Waals surface area (Å²) in [6, 6.07) is 9.18. The molecule has 1 heteroatoms. The molecule has 0 bridgehead atoms. The zero-order chi connectivity index (χ0) is 13.2. The number of benzene rings is 1. The Balaban J connectivity index is 1.98. The molecule has 1 saturated carbocycles. The third kappa shape index (κ3) is 3.58. The maximum Gasteiger partial charge on any atom is 0.0295 e. The quantitative estimate of drug-likeness (QED) is 0.811. The van der Waals surface area contributed by atoms with E-state index in [9.17, 15) is 0 Å². The molecule has 1 nitrogen and oxygen atoms in total. The van der Waals surface area contributed by atoms with Crippen LogP contribution in [0.15, 0.2) is 24.3 Å². The fourth-order valence-electron chi connectivity index (χ4n) is 2.54. The summed E-state index contributed by atoms with van der Waals surface area (Å²) in [5, 5.41) is 0. The standard InChI is InChI=1S/C17H27N/c1-17(2,3)11-10-16(18)15-9-5-8-14(12-15)13-6-4-7-13/h5,8-9,12-13,16H,4,6-7,10-11,18H2,1-3H3. The number of rotatable bonds is 4. The van der Waals surface area contributed by atoms with E-state index in [-0.39, 0.29) is 6.04 Å². The van der Waals surface area contributed by atoms with Crippen molar-refractivity contribution in [1.29, 1.82) is 0 Å². The van der Waals surface area contributed by atoms with E-state index < -0.39 is 0 Å². The van der Waals surface area contributed by atoms with Crippen LogP contribution in [0.3, 0.4) is 0 Å². The molecule has 0 saturated heterocycles. The van der Waals surface area contributed by atoms with Crippen LogP contribution in [0.5, 0.6) is 0 Å². The van der Waals surface area contributed by atoms with Crippen molar-refractivity contribution in [3.63, 3.8) is 0 Å². The van der Waals surface area contributed by atoms with Crippen LogP contribution in [0.25, 0.3) is 0 Å². The molecule has 2 N–H and O–H groups in total. The smallest absolute Gasteiger partial charge is 0.0295 e. The number of hydrogen-bond acceptors (Lipinski definition) is 1. The van der Waals surface area contributed by atoms with Crippen LogP contribution in [0.4, 0.5) is 0 Å². The summed E-state index contributed by atoms with van der Waals surface area (Å²) in [5.41, 5.74) is 9.54. The van der Waals surface area contributed by atoms with E-state index in [1.54, 1.807) is 0 Å². The molecule has 2 rings (SSSR count). The number of nitrogens with two attached hydrogens (primary N) is 1. The van der Waals surface area contributed by atoms with Crippen LogP contribution in [0.2, 0.25) is 0 Å². The maximum absolute atomic E-state index is 6.33. The fourth-order valence-corrected chi connectivity index (χ4v) is 2.54. The molecule has 0 aliphatic heterocycles. The van der Waals surface area contributed by atoms with Gasteiger partial charge >= 0.3 is 0 Å². The van der Waals surface area contributed by atoms with Gasteiger partial charge in [0.15, 0.2) is 0 Å².